The van der Waals surface area contributed by atoms with Gasteiger partial charge in [0.25, 0.3) is 0 Å². The summed E-state index contributed by atoms with van der Waals surface area (Å²) in [4.78, 5) is 14.5. The number of hydrogen-bond donors (Lipinski definition) is 1. The molecule has 0 amide bonds. The largest absolute Gasteiger partial charge is 0.478 e. The van der Waals surface area contributed by atoms with Gasteiger partial charge in [-0.3, -0.25) is 4.98 Å². The third kappa shape index (κ3) is 4.36. The molecule has 1 N–H and O–H groups in total. The molecule has 0 spiro atoms. The van der Waals surface area contributed by atoms with Crippen LogP contribution in [0.2, 0.25) is 0 Å². The van der Waals surface area contributed by atoms with Gasteiger partial charge in [-0.05, 0) is 58.5 Å². The fraction of sp³-hybridized carbons (Fsp3) is 0. The Labute approximate surface area is 123 Å². The van der Waals surface area contributed by atoms with Gasteiger partial charge in [0.1, 0.15) is 11.5 Å². The number of carboxylic acids is 1. The predicted molar refractivity (Wildman–Crippen MR) is 80.1 cm³/mol. The van der Waals surface area contributed by atoms with Gasteiger partial charge in [-0.2, -0.15) is 0 Å². The lowest BCUT2D eigenvalue weighted by molar-refractivity contribution is -0.131. The number of benzene rings is 1. The minimum Gasteiger partial charge on any atom is -0.478 e. The van der Waals surface area contributed by atoms with Crippen molar-refractivity contribution in [3.05, 3.63) is 57.9 Å². The molecule has 2 aromatic rings. The van der Waals surface area contributed by atoms with E-state index in [1.807, 2.05) is 24.3 Å². The SMILES string of the molecule is O=C(O)/C=C/c1cncc(Oc2cccc(I)c2)c1. The molecule has 0 saturated heterocycles. The first-order valence-electron chi connectivity index (χ1n) is 5.43. The molecule has 0 atom stereocenters. The Balaban J connectivity index is 2.17. The average Bonchev–Trinajstić information content (AvgIpc) is 2.37. The van der Waals surface area contributed by atoms with E-state index in [0.29, 0.717) is 17.1 Å². The monoisotopic (exact) mass is 367 g/mol. The summed E-state index contributed by atoms with van der Waals surface area (Å²) in [6.45, 7) is 0. The Morgan fingerprint density at radius 1 is 1.26 bits per heavy atom. The van der Waals surface area contributed by atoms with Crippen molar-refractivity contribution in [2.24, 2.45) is 0 Å². The first-order valence-corrected chi connectivity index (χ1v) is 6.51. The lowest BCUT2D eigenvalue weighted by atomic mass is 10.2. The second-order valence-corrected chi connectivity index (χ2v) is 4.93. The Hall–Kier alpha value is -1.89. The zero-order valence-electron chi connectivity index (χ0n) is 9.79. The maximum Gasteiger partial charge on any atom is 0.328 e. The first-order chi connectivity index (χ1) is 9.13. The smallest absolute Gasteiger partial charge is 0.328 e. The third-order valence-corrected chi connectivity index (χ3v) is 2.86. The van der Waals surface area contributed by atoms with Crippen molar-refractivity contribution in [3.63, 3.8) is 0 Å². The summed E-state index contributed by atoms with van der Waals surface area (Å²) in [5, 5.41) is 8.57. The van der Waals surface area contributed by atoms with Crippen LogP contribution in [-0.4, -0.2) is 16.1 Å². The molecular formula is C14H10INO3. The van der Waals surface area contributed by atoms with Crippen molar-refractivity contribution in [1.29, 1.82) is 0 Å². The van der Waals surface area contributed by atoms with E-state index in [2.05, 4.69) is 27.6 Å². The molecule has 19 heavy (non-hydrogen) atoms. The number of rotatable bonds is 4. The van der Waals surface area contributed by atoms with Crippen molar-refractivity contribution < 1.29 is 14.6 Å². The molecule has 0 radical (unpaired) electrons. The van der Waals surface area contributed by atoms with Gasteiger partial charge in [0.05, 0.1) is 6.20 Å². The number of carbonyl (C=O) groups is 1. The van der Waals surface area contributed by atoms with Crippen LogP contribution in [0, 0.1) is 3.57 Å². The van der Waals surface area contributed by atoms with Crippen LogP contribution in [0.3, 0.4) is 0 Å². The quantitative estimate of drug-likeness (QED) is 0.663. The van der Waals surface area contributed by atoms with Crippen molar-refractivity contribution in [2.45, 2.75) is 0 Å². The summed E-state index contributed by atoms with van der Waals surface area (Å²) in [6.07, 6.45) is 5.68. The number of pyridine rings is 1. The standard InChI is InChI=1S/C14H10INO3/c15-11-2-1-3-12(7-11)19-13-6-10(8-16-9-13)4-5-14(17)18/h1-9H,(H,17,18)/b5-4+. The van der Waals surface area contributed by atoms with Crippen LogP contribution in [0.25, 0.3) is 6.08 Å². The van der Waals surface area contributed by atoms with Crippen LogP contribution in [0.5, 0.6) is 11.5 Å². The molecule has 0 bridgehead atoms. The summed E-state index contributed by atoms with van der Waals surface area (Å²) in [6, 6.07) is 9.35. The average molecular weight is 367 g/mol. The fourth-order valence-corrected chi connectivity index (χ4v) is 1.93. The number of carboxylic acid groups (broad SMARTS) is 1. The van der Waals surface area contributed by atoms with Crippen LogP contribution in [0.15, 0.2) is 48.8 Å². The van der Waals surface area contributed by atoms with E-state index in [0.717, 1.165) is 9.65 Å². The number of nitrogens with zero attached hydrogens (tertiary/aromatic N) is 1. The van der Waals surface area contributed by atoms with Gasteiger partial charge in [-0.1, -0.05) is 6.07 Å². The molecule has 1 aromatic carbocycles. The molecule has 1 aromatic heterocycles. The van der Waals surface area contributed by atoms with Crippen molar-refractivity contribution in [1.82, 2.24) is 4.98 Å². The van der Waals surface area contributed by atoms with Crippen LogP contribution in [-0.2, 0) is 4.79 Å². The molecule has 0 saturated carbocycles. The molecule has 0 aliphatic carbocycles. The number of ether oxygens (including phenoxy) is 1. The molecule has 1 heterocycles. The topological polar surface area (TPSA) is 59.4 Å². The number of halogens is 1. The van der Waals surface area contributed by atoms with E-state index in [9.17, 15) is 4.79 Å². The molecule has 0 fully saturated rings. The number of aliphatic carboxylic acids is 1. The first kappa shape index (κ1) is 13.5. The Bertz CT molecular complexity index is 626. The highest BCUT2D eigenvalue weighted by molar-refractivity contribution is 14.1. The van der Waals surface area contributed by atoms with Crippen molar-refractivity contribution in [2.75, 3.05) is 0 Å². The molecule has 0 aliphatic heterocycles. The molecule has 2 rings (SSSR count). The summed E-state index contributed by atoms with van der Waals surface area (Å²) in [5.41, 5.74) is 0.672. The highest BCUT2D eigenvalue weighted by atomic mass is 127. The van der Waals surface area contributed by atoms with Crippen LogP contribution in [0.4, 0.5) is 0 Å². The van der Waals surface area contributed by atoms with Crippen molar-refractivity contribution in [3.8, 4) is 11.5 Å². The highest BCUT2D eigenvalue weighted by Crippen LogP contribution is 2.23. The van der Waals surface area contributed by atoms with Crippen LogP contribution in [0.1, 0.15) is 5.56 Å². The van der Waals surface area contributed by atoms with E-state index in [4.69, 9.17) is 9.84 Å². The molecule has 0 unspecified atom stereocenters. The van der Waals surface area contributed by atoms with Crippen LogP contribution >= 0.6 is 22.6 Å². The molecular weight excluding hydrogens is 357 g/mol. The lowest BCUT2D eigenvalue weighted by Gasteiger charge is -2.06. The van der Waals surface area contributed by atoms with E-state index in [1.165, 1.54) is 6.08 Å². The lowest BCUT2D eigenvalue weighted by Crippen LogP contribution is -1.88. The van der Waals surface area contributed by atoms with Gasteiger partial charge in [-0.15, -0.1) is 0 Å². The maximum atomic E-state index is 10.4. The molecule has 96 valence electrons. The Morgan fingerprint density at radius 2 is 2.11 bits per heavy atom. The van der Waals surface area contributed by atoms with Gasteiger partial charge in [0.2, 0.25) is 0 Å². The zero-order valence-corrected chi connectivity index (χ0v) is 11.9. The summed E-state index contributed by atoms with van der Waals surface area (Å²) >= 11 is 2.20. The fourth-order valence-electron chi connectivity index (χ4n) is 1.42. The van der Waals surface area contributed by atoms with E-state index in [-0.39, 0.29) is 0 Å². The number of hydrogen-bond acceptors (Lipinski definition) is 3. The minimum absolute atomic E-state index is 0.564. The van der Waals surface area contributed by atoms with Gasteiger partial charge in [-0.25, -0.2) is 4.79 Å². The number of aromatic nitrogens is 1. The minimum atomic E-state index is -0.996. The van der Waals surface area contributed by atoms with E-state index in [1.54, 1.807) is 18.5 Å². The van der Waals surface area contributed by atoms with E-state index < -0.39 is 5.97 Å². The second kappa shape index (κ2) is 6.33. The van der Waals surface area contributed by atoms with Crippen molar-refractivity contribution >= 4 is 34.6 Å². The normalized spacial score (nSPS) is 10.6. The van der Waals surface area contributed by atoms with Gasteiger partial charge >= 0.3 is 5.97 Å². The van der Waals surface area contributed by atoms with Crippen LogP contribution < -0.4 is 4.74 Å². The summed E-state index contributed by atoms with van der Waals surface area (Å²) < 4.78 is 6.73. The maximum absolute atomic E-state index is 10.4. The highest BCUT2D eigenvalue weighted by Gasteiger charge is 1.99. The second-order valence-electron chi connectivity index (χ2n) is 3.68. The molecule has 4 nitrogen and oxygen atoms in total. The molecule has 5 heteroatoms. The summed E-state index contributed by atoms with van der Waals surface area (Å²) in [7, 11) is 0. The Morgan fingerprint density at radius 3 is 2.84 bits per heavy atom. The molecule has 0 aliphatic rings. The van der Waals surface area contributed by atoms with Gasteiger partial charge in [0, 0.05) is 15.8 Å². The predicted octanol–water partition coefficient (Wildman–Crippen LogP) is 3.58. The zero-order chi connectivity index (χ0) is 13.7. The van der Waals surface area contributed by atoms with Gasteiger partial charge < -0.3 is 9.84 Å². The van der Waals surface area contributed by atoms with Gasteiger partial charge in [0.15, 0.2) is 0 Å². The Kier molecular flexibility index (Phi) is 4.51. The van der Waals surface area contributed by atoms with E-state index >= 15 is 0 Å². The summed E-state index contributed by atoms with van der Waals surface area (Å²) in [5.74, 6) is 0.284. The third-order valence-electron chi connectivity index (χ3n) is 2.18.